The average Bonchev–Trinajstić information content (AvgIpc) is 2.21. The van der Waals surface area contributed by atoms with E-state index in [0.717, 1.165) is 0 Å². The van der Waals surface area contributed by atoms with Crippen LogP contribution in [0.4, 0.5) is 4.39 Å². The van der Waals surface area contributed by atoms with E-state index in [0.29, 0.717) is 0 Å². The van der Waals surface area contributed by atoms with Gasteiger partial charge in [-0.2, -0.15) is 0 Å². The second-order valence-corrected chi connectivity index (χ2v) is 3.39. The summed E-state index contributed by atoms with van der Waals surface area (Å²) in [5.74, 6) is -0.858. The molecule has 0 aliphatic heterocycles. The molecule has 1 aromatic heterocycles. The Morgan fingerprint density at radius 2 is 2.13 bits per heavy atom. The van der Waals surface area contributed by atoms with Crippen LogP contribution in [-0.2, 0) is 0 Å². The summed E-state index contributed by atoms with van der Waals surface area (Å²) < 4.78 is 13.3. The predicted octanol–water partition coefficient (Wildman–Crippen LogP) is 0.651. The van der Waals surface area contributed by atoms with E-state index in [1.807, 2.05) is 0 Å². The minimum absolute atomic E-state index is 0.0411. The highest BCUT2D eigenvalue weighted by Gasteiger charge is 2.22. The minimum Gasteiger partial charge on any atom is -0.396 e. The maximum Gasteiger partial charge on any atom is 0.166 e. The summed E-state index contributed by atoms with van der Waals surface area (Å²) in [6.45, 7) is -0.293. The number of nitrogens with zero attached hydrogens (tertiary/aromatic N) is 1. The van der Waals surface area contributed by atoms with E-state index >= 15 is 0 Å². The van der Waals surface area contributed by atoms with Crippen LogP contribution in [0.25, 0.3) is 0 Å². The highest BCUT2D eigenvalue weighted by Crippen LogP contribution is 2.24. The third-order valence-electron chi connectivity index (χ3n) is 1.98. The Labute approximate surface area is 91.0 Å². The SMILES string of the molecule is OCCC(O)C(O)c1ccnc(Cl)c1F. The van der Waals surface area contributed by atoms with Crippen molar-refractivity contribution in [2.75, 3.05) is 6.61 Å². The topological polar surface area (TPSA) is 73.6 Å². The molecule has 2 unspecified atom stereocenters. The summed E-state index contributed by atoms with van der Waals surface area (Å²) >= 11 is 5.41. The third kappa shape index (κ3) is 2.85. The Kier molecular flexibility index (Phi) is 4.41. The third-order valence-corrected chi connectivity index (χ3v) is 2.25. The van der Waals surface area contributed by atoms with Crippen LogP contribution in [0.3, 0.4) is 0 Å². The maximum atomic E-state index is 13.3. The van der Waals surface area contributed by atoms with Gasteiger partial charge in [-0.3, -0.25) is 0 Å². The number of aromatic nitrogens is 1. The Bertz CT molecular complexity index is 337. The fourth-order valence-electron chi connectivity index (χ4n) is 1.16. The number of hydrogen-bond donors (Lipinski definition) is 3. The van der Waals surface area contributed by atoms with Gasteiger partial charge in [-0.05, 0) is 12.5 Å². The smallest absolute Gasteiger partial charge is 0.166 e. The molecule has 0 bridgehead atoms. The lowest BCUT2D eigenvalue weighted by atomic mass is 10.0. The summed E-state index contributed by atoms with van der Waals surface area (Å²) in [4.78, 5) is 3.48. The summed E-state index contributed by atoms with van der Waals surface area (Å²) in [5.41, 5.74) is -0.129. The molecule has 15 heavy (non-hydrogen) atoms. The molecule has 6 heteroatoms. The summed E-state index contributed by atoms with van der Waals surface area (Å²) in [7, 11) is 0. The molecule has 3 N–H and O–H groups in total. The molecule has 84 valence electrons. The largest absolute Gasteiger partial charge is 0.396 e. The first-order valence-corrected chi connectivity index (χ1v) is 4.72. The highest BCUT2D eigenvalue weighted by atomic mass is 35.5. The van der Waals surface area contributed by atoms with Gasteiger partial charge < -0.3 is 15.3 Å². The lowest BCUT2D eigenvalue weighted by Crippen LogP contribution is -2.20. The van der Waals surface area contributed by atoms with Gasteiger partial charge in [-0.15, -0.1) is 0 Å². The number of rotatable bonds is 4. The molecule has 2 atom stereocenters. The van der Waals surface area contributed by atoms with E-state index < -0.39 is 18.0 Å². The summed E-state index contributed by atoms with van der Waals surface area (Å²) in [6.07, 6.45) is -1.46. The molecule has 4 nitrogen and oxygen atoms in total. The van der Waals surface area contributed by atoms with Crippen molar-refractivity contribution in [2.45, 2.75) is 18.6 Å². The number of hydrogen-bond acceptors (Lipinski definition) is 4. The van der Waals surface area contributed by atoms with Gasteiger partial charge in [-0.1, -0.05) is 11.6 Å². The minimum atomic E-state index is -1.42. The molecule has 0 aliphatic rings. The molecule has 0 aliphatic carbocycles. The zero-order valence-corrected chi connectivity index (χ0v) is 8.52. The van der Waals surface area contributed by atoms with Crippen molar-refractivity contribution >= 4 is 11.6 Å². The molecule has 1 rings (SSSR count). The standard InChI is InChI=1S/C9H11ClFNO3/c10-9-7(11)5(1-3-12-9)8(15)6(14)2-4-13/h1,3,6,8,13-15H,2,4H2. The lowest BCUT2D eigenvalue weighted by Gasteiger charge is -2.17. The van der Waals surface area contributed by atoms with E-state index in [-0.39, 0.29) is 23.7 Å². The molecule has 1 aromatic rings. The van der Waals surface area contributed by atoms with Crippen LogP contribution in [0.5, 0.6) is 0 Å². The fraction of sp³-hybridized carbons (Fsp3) is 0.444. The van der Waals surface area contributed by atoms with E-state index in [4.69, 9.17) is 16.7 Å². The van der Waals surface area contributed by atoms with Crippen LogP contribution in [0.2, 0.25) is 5.15 Å². The second-order valence-electron chi connectivity index (χ2n) is 3.03. The molecular formula is C9H11ClFNO3. The monoisotopic (exact) mass is 235 g/mol. The Balaban J connectivity index is 2.90. The molecule has 0 amide bonds. The van der Waals surface area contributed by atoms with Crippen LogP contribution in [0.1, 0.15) is 18.1 Å². The van der Waals surface area contributed by atoms with Crippen LogP contribution in [0, 0.1) is 5.82 Å². The van der Waals surface area contributed by atoms with Crippen LogP contribution in [-0.4, -0.2) is 33.0 Å². The van der Waals surface area contributed by atoms with Gasteiger partial charge >= 0.3 is 0 Å². The second kappa shape index (κ2) is 5.37. The normalized spacial score (nSPS) is 15.0. The quantitative estimate of drug-likeness (QED) is 0.670. The molecule has 0 aromatic carbocycles. The van der Waals surface area contributed by atoms with E-state index in [2.05, 4.69) is 4.98 Å². The van der Waals surface area contributed by atoms with Crippen LogP contribution >= 0.6 is 11.6 Å². The van der Waals surface area contributed by atoms with Gasteiger partial charge in [0.2, 0.25) is 0 Å². The van der Waals surface area contributed by atoms with Gasteiger partial charge in [0.1, 0.15) is 6.10 Å². The van der Waals surface area contributed by atoms with Crippen LogP contribution in [0.15, 0.2) is 12.3 Å². The predicted molar refractivity (Wildman–Crippen MR) is 51.9 cm³/mol. The Morgan fingerprint density at radius 3 is 2.73 bits per heavy atom. The maximum absolute atomic E-state index is 13.3. The van der Waals surface area contributed by atoms with Crippen LogP contribution < -0.4 is 0 Å². The van der Waals surface area contributed by atoms with Crippen molar-refractivity contribution in [3.8, 4) is 0 Å². The summed E-state index contributed by atoms with van der Waals surface area (Å²) in [5, 5.41) is 27.1. The molecule has 0 spiro atoms. The van der Waals surface area contributed by atoms with Crippen molar-refractivity contribution in [1.29, 1.82) is 0 Å². The van der Waals surface area contributed by atoms with Gasteiger partial charge in [0.25, 0.3) is 0 Å². The molecule has 0 saturated heterocycles. The van der Waals surface area contributed by atoms with Gasteiger partial charge in [-0.25, -0.2) is 9.37 Å². The molecule has 0 fully saturated rings. The lowest BCUT2D eigenvalue weighted by molar-refractivity contribution is 0.00231. The highest BCUT2D eigenvalue weighted by molar-refractivity contribution is 6.29. The molecule has 0 saturated carbocycles. The van der Waals surface area contributed by atoms with E-state index in [1.165, 1.54) is 12.3 Å². The van der Waals surface area contributed by atoms with Crippen molar-refractivity contribution < 1.29 is 19.7 Å². The first-order chi connectivity index (χ1) is 7.07. The zero-order chi connectivity index (χ0) is 11.4. The Morgan fingerprint density at radius 1 is 1.47 bits per heavy atom. The van der Waals surface area contributed by atoms with E-state index in [1.54, 1.807) is 0 Å². The van der Waals surface area contributed by atoms with E-state index in [9.17, 15) is 14.6 Å². The average molecular weight is 236 g/mol. The van der Waals surface area contributed by atoms with Crippen molar-refractivity contribution in [2.24, 2.45) is 0 Å². The molecular weight excluding hydrogens is 225 g/mol. The van der Waals surface area contributed by atoms with Gasteiger partial charge in [0, 0.05) is 18.4 Å². The molecule has 0 radical (unpaired) electrons. The number of aliphatic hydroxyl groups is 3. The molecule has 1 heterocycles. The zero-order valence-electron chi connectivity index (χ0n) is 7.77. The number of pyridine rings is 1. The first-order valence-electron chi connectivity index (χ1n) is 4.34. The fourth-order valence-corrected chi connectivity index (χ4v) is 1.32. The number of aliphatic hydroxyl groups excluding tert-OH is 3. The number of halogens is 2. The van der Waals surface area contributed by atoms with Crippen molar-refractivity contribution in [3.05, 3.63) is 28.8 Å². The van der Waals surface area contributed by atoms with Gasteiger partial charge in [0.15, 0.2) is 11.0 Å². The van der Waals surface area contributed by atoms with Crippen molar-refractivity contribution in [3.63, 3.8) is 0 Å². The first kappa shape index (κ1) is 12.3. The summed E-state index contributed by atoms with van der Waals surface area (Å²) in [6, 6.07) is 1.23. The van der Waals surface area contributed by atoms with Crippen molar-refractivity contribution in [1.82, 2.24) is 4.98 Å². The van der Waals surface area contributed by atoms with Gasteiger partial charge in [0.05, 0.1) is 6.10 Å². The Hall–Kier alpha value is -0.750.